The molecular formula is C15H23NO3. The third-order valence-electron chi connectivity index (χ3n) is 4.24. The standard InChI is InChI=1S/C15H23NO3/c1-2-11(9-10-7-8-10)16-14(17)12-5-3-4-6-13(12)15(18)19/h3-4,10-13H,2,5-9H2,1H3,(H,16,17)(H,18,19). The van der Waals surface area contributed by atoms with Gasteiger partial charge in [0, 0.05) is 6.04 Å². The lowest BCUT2D eigenvalue weighted by molar-refractivity contribution is -0.147. The fourth-order valence-electron chi connectivity index (χ4n) is 2.77. The van der Waals surface area contributed by atoms with Gasteiger partial charge in [-0.2, -0.15) is 0 Å². The fourth-order valence-corrected chi connectivity index (χ4v) is 2.77. The van der Waals surface area contributed by atoms with Crippen LogP contribution >= 0.6 is 0 Å². The first-order valence-corrected chi connectivity index (χ1v) is 7.30. The van der Waals surface area contributed by atoms with Crippen molar-refractivity contribution in [3.63, 3.8) is 0 Å². The number of carboxylic acid groups (broad SMARTS) is 1. The summed E-state index contributed by atoms with van der Waals surface area (Å²) < 4.78 is 0. The highest BCUT2D eigenvalue weighted by molar-refractivity contribution is 5.85. The molecule has 4 heteroatoms. The van der Waals surface area contributed by atoms with E-state index in [4.69, 9.17) is 0 Å². The first-order chi connectivity index (χ1) is 9.11. The second-order valence-corrected chi connectivity index (χ2v) is 5.79. The Balaban J connectivity index is 1.92. The van der Waals surface area contributed by atoms with Crippen LogP contribution in [0.4, 0.5) is 0 Å². The topological polar surface area (TPSA) is 66.4 Å². The molecule has 0 radical (unpaired) electrons. The normalized spacial score (nSPS) is 27.8. The maximum absolute atomic E-state index is 12.3. The predicted octanol–water partition coefficient (Wildman–Crippen LogP) is 2.35. The van der Waals surface area contributed by atoms with Gasteiger partial charge in [0.15, 0.2) is 0 Å². The van der Waals surface area contributed by atoms with E-state index >= 15 is 0 Å². The van der Waals surface area contributed by atoms with Crippen LogP contribution in [0.15, 0.2) is 12.2 Å². The Morgan fingerprint density at radius 3 is 2.42 bits per heavy atom. The molecule has 2 aliphatic rings. The molecule has 3 unspecified atom stereocenters. The number of hydrogen-bond donors (Lipinski definition) is 2. The second-order valence-electron chi connectivity index (χ2n) is 5.79. The molecule has 0 aliphatic heterocycles. The fraction of sp³-hybridized carbons (Fsp3) is 0.733. The molecule has 0 aromatic carbocycles. The minimum absolute atomic E-state index is 0.0794. The van der Waals surface area contributed by atoms with Crippen LogP contribution in [0.3, 0.4) is 0 Å². The number of amides is 1. The maximum atomic E-state index is 12.3. The number of rotatable bonds is 6. The average molecular weight is 265 g/mol. The minimum Gasteiger partial charge on any atom is -0.481 e. The second kappa shape index (κ2) is 6.22. The number of aliphatic carboxylic acids is 1. The number of hydrogen-bond acceptors (Lipinski definition) is 2. The van der Waals surface area contributed by atoms with E-state index in [0.29, 0.717) is 12.8 Å². The van der Waals surface area contributed by atoms with Gasteiger partial charge in [-0.1, -0.05) is 31.9 Å². The summed E-state index contributed by atoms with van der Waals surface area (Å²) in [7, 11) is 0. The van der Waals surface area contributed by atoms with Crippen LogP contribution in [0.25, 0.3) is 0 Å². The van der Waals surface area contributed by atoms with Crippen molar-refractivity contribution in [1.29, 1.82) is 0 Å². The Morgan fingerprint density at radius 1 is 1.26 bits per heavy atom. The van der Waals surface area contributed by atoms with Crippen LogP contribution in [0.1, 0.15) is 45.4 Å². The Kier molecular flexibility index (Phi) is 4.61. The van der Waals surface area contributed by atoms with E-state index in [2.05, 4.69) is 12.2 Å². The van der Waals surface area contributed by atoms with Crippen LogP contribution in [-0.4, -0.2) is 23.0 Å². The summed E-state index contributed by atoms with van der Waals surface area (Å²) in [5.74, 6) is -1.14. The van der Waals surface area contributed by atoms with Crippen LogP contribution in [0, 0.1) is 17.8 Å². The van der Waals surface area contributed by atoms with Crippen LogP contribution < -0.4 is 5.32 Å². The largest absolute Gasteiger partial charge is 0.481 e. The zero-order chi connectivity index (χ0) is 13.8. The third kappa shape index (κ3) is 3.82. The number of carbonyl (C=O) groups excluding carboxylic acids is 1. The molecule has 0 bridgehead atoms. The molecule has 0 heterocycles. The smallest absolute Gasteiger partial charge is 0.307 e. The molecule has 0 saturated heterocycles. The van der Waals surface area contributed by atoms with Gasteiger partial charge in [-0.05, 0) is 31.6 Å². The zero-order valence-corrected chi connectivity index (χ0v) is 11.5. The molecule has 2 rings (SSSR count). The van der Waals surface area contributed by atoms with Gasteiger partial charge in [-0.15, -0.1) is 0 Å². The van der Waals surface area contributed by atoms with Crippen molar-refractivity contribution < 1.29 is 14.7 Å². The first kappa shape index (κ1) is 14.1. The van der Waals surface area contributed by atoms with E-state index < -0.39 is 17.8 Å². The van der Waals surface area contributed by atoms with Crippen LogP contribution in [-0.2, 0) is 9.59 Å². The van der Waals surface area contributed by atoms with Gasteiger partial charge in [-0.25, -0.2) is 0 Å². The highest BCUT2D eigenvalue weighted by Crippen LogP contribution is 2.34. The van der Waals surface area contributed by atoms with Gasteiger partial charge < -0.3 is 10.4 Å². The quantitative estimate of drug-likeness (QED) is 0.724. The lowest BCUT2D eigenvalue weighted by Crippen LogP contribution is -2.43. The Morgan fingerprint density at radius 2 is 1.89 bits per heavy atom. The highest BCUT2D eigenvalue weighted by Gasteiger charge is 2.35. The van der Waals surface area contributed by atoms with Crippen LogP contribution in [0.2, 0.25) is 0 Å². The molecule has 0 aromatic rings. The number of allylic oxidation sites excluding steroid dienone is 2. The molecule has 2 aliphatic carbocycles. The van der Waals surface area contributed by atoms with Gasteiger partial charge in [0.05, 0.1) is 11.8 Å². The lowest BCUT2D eigenvalue weighted by atomic mass is 9.82. The van der Waals surface area contributed by atoms with E-state index in [9.17, 15) is 14.7 Å². The average Bonchev–Trinajstić information content (AvgIpc) is 3.21. The molecule has 1 saturated carbocycles. The Hall–Kier alpha value is -1.32. The zero-order valence-electron chi connectivity index (χ0n) is 11.5. The summed E-state index contributed by atoms with van der Waals surface area (Å²) in [4.78, 5) is 23.5. The van der Waals surface area contributed by atoms with E-state index in [1.165, 1.54) is 12.8 Å². The number of carbonyl (C=O) groups is 2. The molecule has 2 N–H and O–H groups in total. The van der Waals surface area contributed by atoms with Crippen molar-refractivity contribution in [3.05, 3.63) is 12.2 Å². The molecule has 106 valence electrons. The van der Waals surface area contributed by atoms with Crippen molar-refractivity contribution in [2.45, 2.75) is 51.5 Å². The molecule has 19 heavy (non-hydrogen) atoms. The van der Waals surface area contributed by atoms with Crippen molar-refractivity contribution in [2.75, 3.05) is 0 Å². The van der Waals surface area contributed by atoms with E-state index in [-0.39, 0.29) is 11.9 Å². The van der Waals surface area contributed by atoms with Crippen molar-refractivity contribution in [1.82, 2.24) is 5.32 Å². The minimum atomic E-state index is -0.861. The van der Waals surface area contributed by atoms with E-state index in [1.807, 2.05) is 12.2 Å². The molecule has 3 atom stereocenters. The molecule has 4 nitrogen and oxygen atoms in total. The van der Waals surface area contributed by atoms with E-state index in [0.717, 1.165) is 18.8 Å². The van der Waals surface area contributed by atoms with Crippen LogP contribution in [0.5, 0.6) is 0 Å². The number of nitrogens with one attached hydrogen (secondary N) is 1. The Bertz CT molecular complexity index is 374. The van der Waals surface area contributed by atoms with Gasteiger partial charge >= 0.3 is 5.97 Å². The maximum Gasteiger partial charge on any atom is 0.307 e. The predicted molar refractivity (Wildman–Crippen MR) is 72.6 cm³/mol. The lowest BCUT2D eigenvalue weighted by Gasteiger charge is -2.26. The molecule has 1 fully saturated rings. The molecule has 1 amide bonds. The summed E-state index contributed by atoms with van der Waals surface area (Å²) in [5, 5.41) is 12.2. The summed E-state index contributed by atoms with van der Waals surface area (Å²) in [6.07, 6.45) is 9.31. The summed E-state index contributed by atoms with van der Waals surface area (Å²) in [5.41, 5.74) is 0. The van der Waals surface area contributed by atoms with Gasteiger partial charge in [0.1, 0.15) is 0 Å². The van der Waals surface area contributed by atoms with Crippen molar-refractivity contribution in [3.8, 4) is 0 Å². The number of carboxylic acids is 1. The molecule has 0 spiro atoms. The van der Waals surface area contributed by atoms with Crippen molar-refractivity contribution in [2.24, 2.45) is 17.8 Å². The van der Waals surface area contributed by atoms with Gasteiger partial charge in [0.2, 0.25) is 5.91 Å². The SMILES string of the molecule is CCC(CC1CC1)NC(=O)C1CC=CCC1C(=O)O. The van der Waals surface area contributed by atoms with E-state index in [1.54, 1.807) is 0 Å². The summed E-state index contributed by atoms with van der Waals surface area (Å²) >= 11 is 0. The highest BCUT2D eigenvalue weighted by atomic mass is 16.4. The monoisotopic (exact) mass is 265 g/mol. The molecule has 0 aromatic heterocycles. The van der Waals surface area contributed by atoms with Gasteiger partial charge in [-0.3, -0.25) is 9.59 Å². The van der Waals surface area contributed by atoms with Crippen molar-refractivity contribution >= 4 is 11.9 Å². The van der Waals surface area contributed by atoms with Gasteiger partial charge in [0.25, 0.3) is 0 Å². The molecular weight excluding hydrogens is 242 g/mol. The Labute approximate surface area is 114 Å². The summed E-state index contributed by atoms with van der Waals surface area (Å²) in [6.45, 7) is 2.07. The summed E-state index contributed by atoms with van der Waals surface area (Å²) in [6, 6.07) is 0.209. The first-order valence-electron chi connectivity index (χ1n) is 7.30. The third-order valence-corrected chi connectivity index (χ3v) is 4.24.